The molecule has 58 heavy (non-hydrogen) atoms. The minimum Gasteiger partial charge on any atom is -0.394 e. The number of aliphatic hydroxyl groups is 5. The number of allylic oxidation sites excluding steroid dienone is 5. The van der Waals surface area contributed by atoms with Gasteiger partial charge in [-0.25, -0.2) is 4.18 Å². The number of carbonyl (C=O) groups is 1. The summed E-state index contributed by atoms with van der Waals surface area (Å²) in [6, 6.07) is -1.14. The Labute approximate surface area is 350 Å². The molecule has 1 aliphatic heterocycles. The Morgan fingerprint density at radius 2 is 1.16 bits per heavy atom. The second kappa shape index (κ2) is 34.9. The maximum Gasteiger partial charge on any atom is 0.397 e. The van der Waals surface area contributed by atoms with E-state index in [9.17, 15) is 38.7 Å². The van der Waals surface area contributed by atoms with Crippen LogP contribution in [-0.4, -0.2) is 107 Å². The number of amides is 1. The lowest BCUT2D eigenvalue weighted by Gasteiger charge is -2.41. The fourth-order valence-corrected chi connectivity index (χ4v) is 7.41. The van der Waals surface area contributed by atoms with Crippen LogP contribution in [-0.2, 0) is 28.9 Å². The van der Waals surface area contributed by atoms with Crippen molar-refractivity contribution in [2.24, 2.45) is 0 Å². The molecule has 1 aliphatic rings. The van der Waals surface area contributed by atoms with Gasteiger partial charge in [-0.2, -0.15) is 8.42 Å². The highest BCUT2D eigenvalue weighted by molar-refractivity contribution is 7.80. The molecule has 1 heterocycles. The van der Waals surface area contributed by atoms with Gasteiger partial charge >= 0.3 is 10.4 Å². The topological polar surface area (TPSA) is 212 Å². The van der Waals surface area contributed by atoms with E-state index in [2.05, 4.69) is 47.7 Å². The van der Waals surface area contributed by atoms with Crippen molar-refractivity contribution < 1.29 is 57.0 Å². The molecule has 1 fully saturated rings. The first-order valence-corrected chi connectivity index (χ1v) is 23.8. The van der Waals surface area contributed by atoms with Gasteiger partial charge in [-0.15, -0.1) is 0 Å². The van der Waals surface area contributed by atoms with Crippen LogP contribution in [0, 0.1) is 0 Å². The number of ether oxygens (including phenoxy) is 2. The third-order valence-corrected chi connectivity index (χ3v) is 11.0. The van der Waals surface area contributed by atoms with Gasteiger partial charge in [-0.1, -0.05) is 166 Å². The molecule has 0 spiro atoms. The maximum atomic E-state index is 13.1. The first-order chi connectivity index (χ1) is 27.9. The third kappa shape index (κ3) is 27.2. The average Bonchev–Trinajstić information content (AvgIpc) is 3.19. The number of aliphatic hydroxyl groups excluding tert-OH is 5. The average molecular weight is 848 g/mol. The monoisotopic (exact) mass is 848 g/mol. The van der Waals surface area contributed by atoms with Crippen molar-refractivity contribution in [1.82, 2.24) is 5.32 Å². The molecule has 1 saturated heterocycles. The van der Waals surface area contributed by atoms with Crippen molar-refractivity contribution >= 4 is 16.3 Å². The van der Waals surface area contributed by atoms with Gasteiger partial charge < -0.3 is 40.3 Å². The highest BCUT2D eigenvalue weighted by Gasteiger charge is 2.48. The van der Waals surface area contributed by atoms with Crippen molar-refractivity contribution in [3.8, 4) is 0 Å². The van der Waals surface area contributed by atoms with Gasteiger partial charge in [-0.3, -0.25) is 9.35 Å². The zero-order valence-corrected chi connectivity index (χ0v) is 36.5. The molecule has 0 aromatic carbocycles. The number of carbonyl (C=O) groups excluding carboxylic acids is 1. The molecular weight excluding hydrogens is 767 g/mol. The molecule has 340 valence electrons. The Bertz CT molecular complexity index is 1200. The van der Waals surface area contributed by atoms with E-state index < -0.39 is 78.5 Å². The summed E-state index contributed by atoms with van der Waals surface area (Å²) in [6.07, 6.45) is 28.0. The number of unbranched alkanes of at least 4 members (excludes halogenated alkanes) is 20. The van der Waals surface area contributed by atoms with Gasteiger partial charge in [0.15, 0.2) is 6.29 Å². The van der Waals surface area contributed by atoms with E-state index in [-0.39, 0.29) is 6.42 Å². The molecule has 0 bridgehead atoms. The van der Waals surface area contributed by atoms with Gasteiger partial charge in [0.1, 0.15) is 30.5 Å². The molecule has 0 aliphatic carbocycles. The number of hydrogen-bond donors (Lipinski definition) is 7. The summed E-state index contributed by atoms with van der Waals surface area (Å²) in [5.41, 5.74) is 0. The summed E-state index contributed by atoms with van der Waals surface area (Å²) in [7, 11) is -5.12. The zero-order valence-electron chi connectivity index (χ0n) is 35.7. The van der Waals surface area contributed by atoms with E-state index in [4.69, 9.17) is 14.0 Å². The first kappa shape index (κ1) is 54.3. The van der Waals surface area contributed by atoms with Gasteiger partial charge in [0, 0.05) is 0 Å². The minimum absolute atomic E-state index is 0.235. The van der Waals surface area contributed by atoms with Crippen LogP contribution in [0.15, 0.2) is 36.5 Å². The normalized spacial score (nSPS) is 22.0. The Kier molecular flexibility index (Phi) is 32.7. The summed E-state index contributed by atoms with van der Waals surface area (Å²) in [5.74, 6) is -0.718. The quantitative estimate of drug-likeness (QED) is 0.0187. The third-order valence-electron chi connectivity index (χ3n) is 10.5. The predicted molar refractivity (Wildman–Crippen MR) is 228 cm³/mol. The number of rotatable bonds is 37. The lowest BCUT2D eigenvalue weighted by atomic mass is 9.99. The van der Waals surface area contributed by atoms with Crippen LogP contribution in [0.2, 0.25) is 0 Å². The number of hydrogen-bond acceptors (Lipinski definition) is 11. The summed E-state index contributed by atoms with van der Waals surface area (Å²) in [4.78, 5) is 13.1. The molecule has 13 nitrogen and oxygen atoms in total. The Morgan fingerprint density at radius 3 is 1.66 bits per heavy atom. The predicted octanol–water partition coefficient (Wildman–Crippen LogP) is 7.30. The molecular formula is C44H81NO12S. The molecule has 0 saturated carbocycles. The van der Waals surface area contributed by atoms with Crippen LogP contribution in [0.1, 0.15) is 174 Å². The summed E-state index contributed by atoms with van der Waals surface area (Å²) in [5, 5.41) is 55.1. The largest absolute Gasteiger partial charge is 0.397 e. The molecule has 0 aromatic heterocycles. The van der Waals surface area contributed by atoms with Crippen molar-refractivity contribution in [3.63, 3.8) is 0 Å². The van der Waals surface area contributed by atoms with Crippen LogP contribution >= 0.6 is 0 Å². The lowest BCUT2D eigenvalue weighted by molar-refractivity contribution is -0.298. The highest BCUT2D eigenvalue weighted by Crippen LogP contribution is 2.26. The van der Waals surface area contributed by atoms with Crippen LogP contribution in [0.3, 0.4) is 0 Å². The van der Waals surface area contributed by atoms with E-state index in [0.717, 1.165) is 44.9 Å². The van der Waals surface area contributed by atoms with Gasteiger partial charge in [0.25, 0.3) is 0 Å². The Morgan fingerprint density at radius 1 is 0.690 bits per heavy atom. The molecule has 0 aromatic rings. The fourth-order valence-electron chi connectivity index (χ4n) is 6.90. The molecule has 1 rings (SSSR count). The number of nitrogens with one attached hydrogen (secondary N) is 1. The second-order valence-electron chi connectivity index (χ2n) is 15.8. The smallest absolute Gasteiger partial charge is 0.394 e. The minimum atomic E-state index is -5.12. The summed E-state index contributed by atoms with van der Waals surface area (Å²) < 4.78 is 47.4. The van der Waals surface area contributed by atoms with Gasteiger partial charge in [0.05, 0.1) is 25.4 Å². The van der Waals surface area contributed by atoms with E-state index in [0.29, 0.717) is 12.8 Å². The summed E-state index contributed by atoms with van der Waals surface area (Å²) in [6.45, 7) is 3.17. The van der Waals surface area contributed by atoms with E-state index in [1.807, 2.05) is 0 Å². The molecule has 14 heteroatoms. The van der Waals surface area contributed by atoms with E-state index in [1.54, 1.807) is 6.08 Å². The van der Waals surface area contributed by atoms with E-state index in [1.165, 1.54) is 102 Å². The SMILES string of the molecule is CCCCCCCCC/C=C/CC/C=C/CC/C=C/C(O)C(COC1OC(CO)C(O)C(OS(=O)(=O)O)C1O)NC(=O)C(O)CCCCCCCCCCCCCC. The molecule has 0 radical (unpaired) electrons. The van der Waals surface area contributed by atoms with Crippen molar-refractivity contribution in [3.05, 3.63) is 36.5 Å². The van der Waals surface area contributed by atoms with Crippen LogP contribution in [0.4, 0.5) is 0 Å². The van der Waals surface area contributed by atoms with Crippen molar-refractivity contribution in [2.75, 3.05) is 13.2 Å². The second-order valence-corrected chi connectivity index (χ2v) is 16.8. The summed E-state index contributed by atoms with van der Waals surface area (Å²) >= 11 is 0. The maximum absolute atomic E-state index is 13.1. The van der Waals surface area contributed by atoms with Crippen LogP contribution in [0.25, 0.3) is 0 Å². The Hall–Kier alpha value is -1.72. The Balaban J connectivity index is 2.66. The van der Waals surface area contributed by atoms with Crippen molar-refractivity contribution in [2.45, 2.75) is 223 Å². The van der Waals surface area contributed by atoms with E-state index >= 15 is 0 Å². The molecule has 8 unspecified atom stereocenters. The lowest BCUT2D eigenvalue weighted by Crippen LogP contribution is -2.61. The molecule has 1 amide bonds. The highest BCUT2D eigenvalue weighted by atomic mass is 32.3. The molecule has 7 N–H and O–H groups in total. The van der Waals surface area contributed by atoms with Crippen LogP contribution < -0.4 is 5.32 Å². The van der Waals surface area contributed by atoms with Crippen LogP contribution in [0.5, 0.6) is 0 Å². The standard InChI is InChI=1S/C44H81NO12S/c1-3-5-7-9-11-13-15-17-18-19-20-21-23-24-26-28-30-32-37(47)36(35-55-44-41(50)42(57-58(52,53)54)40(49)39(34-46)56-44)45-43(51)38(48)33-31-29-27-25-22-16-14-12-10-8-6-4-2/h18-19,23-24,30,32,36-42,44,46-50H,3-17,20-22,25-29,31,33-35H2,1-2H3,(H,45,51)(H,52,53,54)/b19-18+,24-23+,32-30+. The molecule has 8 atom stereocenters. The fraction of sp³-hybridized carbons (Fsp3) is 0.841. The zero-order chi connectivity index (χ0) is 42.9. The first-order valence-electron chi connectivity index (χ1n) is 22.5. The van der Waals surface area contributed by atoms with Gasteiger partial charge in [0.2, 0.25) is 5.91 Å². The van der Waals surface area contributed by atoms with Gasteiger partial charge in [-0.05, 0) is 44.9 Å². The van der Waals surface area contributed by atoms with Crippen molar-refractivity contribution in [1.29, 1.82) is 0 Å².